The van der Waals surface area contributed by atoms with Crippen LogP contribution in [0.4, 0.5) is 0 Å². The maximum Gasteiger partial charge on any atom is 0.253 e. The number of rotatable bonds is 3. The number of ether oxygens (including phenoxy) is 2. The molecule has 1 aliphatic rings. The summed E-state index contributed by atoms with van der Waals surface area (Å²) in [4.78, 5) is 12.2. The van der Waals surface area contributed by atoms with E-state index in [2.05, 4.69) is 5.32 Å². The van der Waals surface area contributed by atoms with Gasteiger partial charge in [0.25, 0.3) is 5.91 Å². The second-order valence-corrected chi connectivity index (χ2v) is 5.49. The molecule has 2 aromatic rings. The van der Waals surface area contributed by atoms with Gasteiger partial charge in [-0.25, -0.2) is 0 Å². The molecule has 114 valence electrons. The molecule has 1 heterocycles. The minimum Gasteiger partial charge on any atom is -0.486 e. The zero-order valence-corrected chi connectivity index (χ0v) is 12.9. The number of hydrogen-bond acceptors (Lipinski definition) is 3. The van der Waals surface area contributed by atoms with Crippen LogP contribution >= 0.6 is 11.6 Å². The molecule has 5 heteroatoms. The molecule has 1 aliphatic heterocycles. The Morgan fingerprint density at radius 3 is 2.59 bits per heavy atom. The van der Waals surface area contributed by atoms with Crippen molar-refractivity contribution in [3.63, 3.8) is 0 Å². The second kappa shape index (κ2) is 6.28. The van der Waals surface area contributed by atoms with E-state index < -0.39 is 0 Å². The van der Waals surface area contributed by atoms with Gasteiger partial charge in [0.15, 0.2) is 11.5 Å². The number of nitrogens with one attached hydrogen (secondary N) is 1. The lowest BCUT2D eigenvalue weighted by molar-refractivity contribution is 0.0951. The van der Waals surface area contributed by atoms with E-state index in [1.54, 1.807) is 24.3 Å². The van der Waals surface area contributed by atoms with Crippen molar-refractivity contribution in [2.75, 3.05) is 13.2 Å². The fourth-order valence-corrected chi connectivity index (χ4v) is 2.56. The minimum atomic E-state index is -0.195. The van der Waals surface area contributed by atoms with Gasteiger partial charge in [-0.3, -0.25) is 4.79 Å². The van der Waals surface area contributed by atoms with Crippen molar-refractivity contribution in [2.24, 2.45) is 0 Å². The lowest BCUT2D eigenvalue weighted by atomic mass is 10.1. The Morgan fingerprint density at radius 1 is 1.18 bits per heavy atom. The molecule has 0 saturated carbocycles. The third-order valence-corrected chi connectivity index (χ3v) is 3.89. The highest BCUT2D eigenvalue weighted by atomic mass is 35.5. The second-order valence-electron chi connectivity index (χ2n) is 5.08. The molecule has 0 unspecified atom stereocenters. The molecule has 0 aliphatic carbocycles. The predicted octanol–water partition coefficient (Wildman–Crippen LogP) is 3.35. The van der Waals surface area contributed by atoms with Crippen LogP contribution in [-0.4, -0.2) is 19.1 Å². The molecule has 0 atom stereocenters. The first-order chi connectivity index (χ1) is 10.6. The Bertz CT molecular complexity index is 715. The lowest BCUT2D eigenvalue weighted by Crippen LogP contribution is -2.24. The zero-order chi connectivity index (χ0) is 15.5. The van der Waals surface area contributed by atoms with Crippen LogP contribution in [0.1, 0.15) is 21.5 Å². The number of halogens is 1. The standard InChI is InChI=1S/C17H16ClNO3/c1-11-8-15-16(22-7-6-21-15)9-12(11)10-19-17(20)13-4-2-3-5-14(13)18/h2-5,8-9H,6-7,10H2,1H3,(H,19,20). The van der Waals surface area contributed by atoms with Gasteiger partial charge in [-0.15, -0.1) is 0 Å². The van der Waals surface area contributed by atoms with Crippen LogP contribution in [0, 0.1) is 6.92 Å². The molecular formula is C17H16ClNO3. The summed E-state index contributed by atoms with van der Waals surface area (Å²) in [7, 11) is 0. The van der Waals surface area contributed by atoms with Crippen molar-refractivity contribution in [1.82, 2.24) is 5.32 Å². The van der Waals surface area contributed by atoms with E-state index in [9.17, 15) is 4.79 Å². The number of carbonyl (C=O) groups excluding carboxylic acids is 1. The smallest absolute Gasteiger partial charge is 0.253 e. The van der Waals surface area contributed by atoms with Crippen LogP contribution in [0.15, 0.2) is 36.4 Å². The van der Waals surface area contributed by atoms with Gasteiger partial charge in [0.1, 0.15) is 13.2 Å². The van der Waals surface area contributed by atoms with Gasteiger partial charge in [0.05, 0.1) is 10.6 Å². The van der Waals surface area contributed by atoms with Gasteiger partial charge in [0.2, 0.25) is 0 Å². The van der Waals surface area contributed by atoms with Crippen LogP contribution in [0.2, 0.25) is 5.02 Å². The summed E-state index contributed by atoms with van der Waals surface area (Å²) in [5.74, 6) is 1.28. The minimum absolute atomic E-state index is 0.195. The lowest BCUT2D eigenvalue weighted by Gasteiger charge is -2.20. The highest BCUT2D eigenvalue weighted by molar-refractivity contribution is 6.33. The molecule has 0 aromatic heterocycles. The Hall–Kier alpha value is -2.20. The average Bonchev–Trinajstić information content (AvgIpc) is 2.53. The maximum atomic E-state index is 12.2. The Morgan fingerprint density at radius 2 is 1.86 bits per heavy atom. The molecule has 4 nitrogen and oxygen atoms in total. The summed E-state index contributed by atoms with van der Waals surface area (Å²) in [6.07, 6.45) is 0. The highest BCUT2D eigenvalue weighted by Gasteiger charge is 2.15. The van der Waals surface area contributed by atoms with Gasteiger partial charge < -0.3 is 14.8 Å². The number of carbonyl (C=O) groups is 1. The first-order valence-electron chi connectivity index (χ1n) is 7.07. The van der Waals surface area contributed by atoms with Crippen molar-refractivity contribution in [3.8, 4) is 11.5 Å². The molecule has 1 amide bonds. The molecule has 0 bridgehead atoms. The van der Waals surface area contributed by atoms with Gasteiger partial charge in [-0.2, -0.15) is 0 Å². The Balaban J connectivity index is 1.74. The van der Waals surface area contributed by atoms with E-state index in [0.717, 1.165) is 22.6 Å². The van der Waals surface area contributed by atoms with Crippen molar-refractivity contribution in [2.45, 2.75) is 13.5 Å². The Kier molecular flexibility index (Phi) is 4.20. The number of fused-ring (bicyclic) bond motifs is 1. The Labute approximate surface area is 134 Å². The van der Waals surface area contributed by atoms with Crippen LogP contribution < -0.4 is 14.8 Å². The van der Waals surface area contributed by atoms with Crippen LogP contribution in [0.25, 0.3) is 0 Å². The SMILES string of the molecule is Cc1cc2c(cc1CNC(=O)c1ccccc1Cl)OCCO2. The van der Waals surface area contributed by atoms with Gasteiger partial charge >= 0.3 is 0 Å². The molecule has 0 spiro atoms. The van der Waals surface area contributed by atoms with Gasteiger partial charge in [-0.05, 0) is 42.3 Å². The number of amides is 1. The van der Waals surface area contributed by atoms with E-state index >= 15 is 0 Å². The van der Waals surface area contributed by atoms with Crippen molar-refractivity contribution < 1.29 is 14.3 Å². The van der Waals surface area contributed by atoms with Crippen molar-refractivity contribution >= 4 is 17.5 Å². The average molecular weight is 318 g/mol. The largest absolute Gasteiger partial charge is 0.486 e. The molecule has 3 rings (SSSR count). The monoisotopic (exact) mass is 317 g/mol. The van der Waals surface area contributed by atoms with Crippen LogP contribution in [0.3, 0.4) is 0 Å². The molecule has 2 aromatic carbocycles. The van der Waals surface area contributed by atoms with E-state index in [1.165, 1.54) is 0 Å². The predicted molar refractivity (Wildman–Crippen MR) is 84.8 cm³/mol. The fourth-order valence-electron chi connectivity index (χ4n) is 2.34. The highest BCUT2D eigenvalue weighted by Crippen LogP contribution is 2.33. The van der Waals surface area contributed by atoms with E-state index in [1.807, 2.05) is 19.1 Å². The summed E-state index contributed by atoms with van der Waals surface area (Å²) in [5, 5.41) is 3.33. The summed E-state index contributed by atoms with van der Waals surface area (Å²) >= 11 is 6.03. The van der Waals surface area contributed by atoms with E-state index in [4.69, 9.17) is 21.1 Å². The fraction of sp³-hybridized carbons (Fsp3) is 0.235. The maximum absolute atomic E-state index is 12.2. The third-order valence-electron chi connectivity index (χ3n) is 3.56. The van der Waals surface area contributed by atoms with Crippen LogP contribution in [0.5, 0.6) is 11.5 Å². The van der Waals surface area contributed by atoms with E-state index in [0.29, 0.717) is 30.3 Å². The summed E-state index contributed by atoms with van der Waals surface area (Å²) < 4.78 is 11.1. The molecule has 0 radical (unpaired) electrons. The van der Waals surface area contributed by atoms with Crippen molar-refractivity contribution in [3.05, 3.63) is 58.1 Å². The molecule has 0 saturated heterocycles. The normalized spacial score (nSPS) is 12.8. The zero-order valence-electron chi connectivity index (χ0n) is 12.2. The summed E-state index contributed by atoms with van der Waals surface area (Å²) in [6, 6.07) is 10.8. The van der Waals surface area contributed by atoms with Gasteiger partial charge in [0, 0.05) is 6.54 Å². The topological polar surface area (TPSA) is 47.6 Å². The number of benzene rings is 2. The molecule has 22 heavy (non-hydrogen) atoms. The molecule has 1 N–H and O–H groups in total. The van der Waals surface area contributed by atoms with Crippen molar-refractivity contribution in [1.29, 1.82) is 0 Å². The first kappa shape index (κ1) is 14.7. The third kappa shape index (κ3) is 3.02. The van der Waals surface area contributed by atoms with E-state index in [-0.39, 0.29) is 5.91 Å². The first-order valence-corrected chi connectivity index (χ1v) is 7.45. The molecular weight excluding hydrogens is 302 g/mol. The number of aryl methyl sites for hydroxylation is 1. The van der Waals surface area contributed by atoms with Gasteiger partial charge in [-0.1, -0.05) is 23.7 Å². The summed E-state index contributed by atoms with van der Waals surface area (Å²) in [6.45, 7) is 3.50. The van der Waals surface area contributed by atoms with Crippen LogP contribution in [-0.2, 0) is 6.54 Å². The summed E-state index contributed by atoms with van der Waals surface area (Å²) in [5.41, 5.74) is 2.51. The number of hydrogen-bond donors (Lipinski definition) is 1. The quantitative estimate of drug-likeness (QED) is 0.944. The molecule has 0 fully saturated rings.